The van der Waals surface area contributed by atoms with E-state index in [1.54, 1.807) is 0 Å². The van der Waals surface area contributed by atoms with Crippen molar-refractivity contribution in [2.75, 3.05) is 13.2 Å². The van der Waals surface area contributed by atoms with Gasteiger partial charge in [-0.2, -0.15) is 0 Å². The maximum Gasteiger partial charge on any atom is 0.218 e. The van der Waals surface area contributed by atoms with Gasteiger partial charge in [0, 0.05) is 18.5 Å². The van der Waals surface area contributed by atoms with Crippen molar-refractivity contribution < 1.29 is 9.90 Å². The van der Waals surface area contributed by atoms with Crippen LogP contribution in [0.5, 0.6) is 0 Å². The normalized spacial score (nSPS) is 31.5. The summed E-state index contributed by atoms with van der Waals surface area (Å²) in [6.07, 6.45) is 4.70. The number of nitrogens with two attached hydrogens (primary N) is 1. The Kier molecular flexibility index (Phi) is 4.54. The zero-order valence-corrected chi connectivity index (χ0v) is 9.46. The van der Waals surface area contributed by atoms with Crippen LogP contribution in [0.2, 0.25) is 0 Å². The van der Waals surface area contributed by atoms with Gasteiger partial charge in [0.1, 0.15) is 0 Å². The predicted octanol–water partition coefficient (Wildman–Crippen LogP) is 0.393. The molecule has 0 aliphatic heterocycles. The number of rotatable bonds is 5. The highest BCUT2D eigenvalue weighted by Gasteiger charge is 2.33. The van der Waals surface area contributed by atoms with E-state index in [4.69, 9.17) is 5.73 Å². The molecule has 0 spiro atoms. The van der Waals surface area contributed by atoms with Gasteiger partial charge in [0.2, 0.25) is 5.91 Å². The van der Waals surface area contributed by atoms with Crippen molar-refractivity contribution in [1.29, 1.82) is 0 Å². The molecule has 0 aromatic rings. The van der Waals surface area contributed by atoms with Crippen LogP contribution in [0.1, 0.15) is 39.0 Å². The third kappa shape index (κ3) is 3.80. The van der Waals surface area contributed by atoms with Crippen LogP contribution in [0.15, 0.2) is 0 Å². The fourth-order valence-corrected chi connectivity index (χ4v) is 2.47. The van der Waals surface area contributed by atoms with Gasteiger partial charge in [-0.05, 0) is 18.8 Å². The number of nitrogens with one attached hydrogen (secondary N) is 1. The number of hydrogen-bond donors (Lipinski definition) is 3. The number of aliphatic hydroxyl groups excluding tert-OH is 1. The number of carbonyl (C=O) groups excluding carboxylic acids is 1. The van der Waals surface area contributed by atoms with E-state index >= 15 is 0 Å². The second-order valence-corrected chi connectivity index (χ2v) is 4.78. The minimum absolute atomic E-state index is 0.149. The van der Waals surface area contributed by atoms with E-state index in [0.717, 1.165) is 19.3 Å². The first-order valence-electron chi connectivity index (χ1n) is 5.72. The Labute approximate surface area is 91.2 Å². The monoisotopic (exact) mass is 214 g/mol. The molecule has 15 heavy (non-hydrogen) atoms. The van der Waals surface area contributed by atoms with Gasteiger partial charge >= 0.3 is 0 Å². The first kappa shape index (κ1) is 12.5. The van der Waals surface area contributed by atoms with E-state index in [1.807, 2.05) is 0 Å². The standard InChI is InChI=1S/C11H22N2O2/c1-9-3-2-5-11(7-9,8-14)13-6-4-10(12)15/h9,13-14H,2-8H2,1H3,(H2,12,15). The Bertz CT molecular complexity index is 221. The van der Waals surface area contributed by atoms with Crippen LogP contribution in [0, 0.1) is 5.92 Å². The summed E-state index contributed by atoms with van der Waals surface area (Å²) < 4.78 is 0. The molecule has 2 atom stereocenters. The van der Waals surface area contributed by atoms with E-state index in [2.05, 4.69) is 12.2 Å². The Morgan fingerprint density at radius 3 is 2.93 bits per heavy atom. The van der Waals surface area contributed by atoms with E-state index in [9.17, 15) is 9.90 Å². The summed E-state index contributed by atoms with van der Waals surface area (Å²) in [5.41, 5.74) is 4.91. The Morgan fingerprint density at radius 1 is 1.67 bits per heavy atom. The zero-order chi connectivity index (χ0) is 11.3. The van der Waals surface area contributed by atoms with Crippen LogP contribution in [-0.2, 0) is 4.79 Å². The van der Waals surface area contributed by atoms with Crippen molar-refractivity contribution in [2.24, 2.45) is 11.7 Å². The lowest BCUT2D eigenvalue weighted by Crippen LogP contribution is -2.52. The third-order valence-electron chi connectivity index (χ3n) is 3.27. The molecule has 0 radical (unpaired) electrons. The van der Waals surface area contributed by atoms with Crippen LogP contribution in [0.4, 0.5) is 0 Å². The molecule has 4 nitrogen and oxygen atoms in total. The van der Waals surface area contributed by atoms with Crippen molar-refractivity contribution in [3.05, 3.63) is 0 Å². The molecule has 1 aliphatic carbocycles. The quantitative estimate of drug-likeness (QED) is 0.620. The molecular weight excluding hydrogens is 192 g/mol. The summed E-state index contributed by atoms with van der Waals surface area (Å²) in [6.45, 7) is 2.93. The Hall–Kier alpha value is -0.610. The lowest BCUT2D eigenvalue weighted by atomic mass is 9.77. The fourth-order valence-electron chi connectivity index (χ4n) is 2.47. The molecule has 1 saturated carbocycles. The number of aliphatic hydroxyl groups is 1. The highest BCUT2D eigenvalue weighted by molar-refractivity contribution is 5.73. The Morgan fingerprint density at radius 2 is 2.40 bits per heavy atom. The van der Waals surface area contributed by atoms with Crippen LogP contribution >= 0.6 is 0 Å². The van der Waals surface area contributed by atoms with Gasteiger partial charge in [0.05, 0.1) is 6.61 Å². The molecule has 4 heteroatoms. The molecule has 0 aromatic heterocycles. The molecule has 0 bridgehead atoms. The van der Waals surface area contributed by atoms with Gasteiger partial charge in [-0.15, -0.1) is 0 Å². The summed E-state index contributed by atoms with van der Waals surface area (Å²) >= 11 is 0. The molecule has 0 saturated heterocycles. The molecule has 2 unspecified atom stereocenters. The smallest absolute Gasteiger partial charge is 0.218 e. The maximum absolute atomic E-state index is 10.6. The average molecular weight is 214 g/mol. The van der Waals surface area contributed by atoms with Crippen LogP contribution in [-0.4, -0.2) is 29.7 Å². The van der Waals surface area contributed by atoms with Gasteiger partial charge in [-0.1, -0.05) is 19.8 Å². The zero-order valence-electron chi connectivity index (χ0n) is 9.46. The largest absolute Gasteiger partial charge is 0.394 e. The third-order valence-corrected chi connectivity index (χ3v) is 3.27. The topological polar surface area (TPSA) is 75.3 Å². The van der Waals surface area contributed by atoms with Crippen molar-refractivity contribution in [3.8, 4) is 0 Å². The molecular formula is C11H22N2O2. The van der Waals surface area contributed by atoms with E-state index in [0.29, 0.717) is 18.9 Å². The minimum Gasteiger partial charge on any atom is -0.394 e. The van der Waals surface area contributed by atoms with Gasteiger partial charge in [-0.25, -0.2) is 0 Å². The first-order chi connectivity index (χ1) is 7.08. The number of amides is 1. The predicted molar refractivity (Wildman–Crippen MR) is 59.3 cm³/mol. The molecule has 4 N–H and O–H groups in total. The summed E-state index contributed by atoms with van der Waals surface area (Å²) in [5, 5.41) is 12.7. The number of primary amides is 1. The SMILES string of the molecule is CC1CCCC(CO)(NCCC(N)=O)C1. The molecule has 0 heterocycles. The maximum atomic E-state index is 10.6. The van der Waals surface area contributed by atoms with Crippen LogP contribution < -0.4 is 11.1 Å². The average Bonchev–Trinajstić information content (AvgIpc) is 2.17. The summed E-state index contributed by atoms with van der Waals surface area (Å²) in [7, 11) is 0. The Balaban J connectivity index is 2.41. The van der Waals surface area contributed by atoms with E-state index in [-0.39, 0.29) is 18.1 Å². The van der Waals surface area contributed by atoms with Crippen molar-refractivity contribution in [1.82, 2.24) is 5.32 Å². The van der Waals surface area contributed by atoms with Crippen molar-refractivity contribution in [2.45, 2.75) is 44.6 Å². The lowest BCUT2D eigenvalue weighted by Gasteiger charge is -2.39. The van der Waals surface area contributed by atoms with Gasteiger partial charge in [-0.3, -0.25) is 4.79 Å². The lowest BCUT2D eigenvalue weighted by molar-refractivity contribution is -0.118. The first-order valence-corrected chi connectivity index (χ1v) is 5.72. The summed E-state index contributed by atoms with van der Waals surface area (Å²) in [5.74, 6) is 0.353. The summed E-state index contributed by atoms with van der Waals surface area (Å²) in [4.78, 5) is 10.6. The second kappa shape index (κ2) is 5.47. The number of hydrogen-bond acceptors (Lipinski definition) is 3. The van der Waals surface area contributed by atoms with Gasteiger partial charge in [0.15, 0.2) is 0 Å². The fraction of sp³-hybridized carbons (Fsp3) is 0.909. The number of carbonyl (C=O) groups is 1. The van der Waals surface area contributed by atoms with Crippen molar-refractivity contribution >= 4 is 5.91 Å². The highest BCUT2D eigenvalue weighted by atomic mass is 16.3. The van der Waals surface area contributed by atoms with E-state index < -0.39 is 0 Å². The molecule has 1 aliphatic rings. The van der Waals surface area contributed by atoms with Crippen LogP contribution in [0.25, 0.3) is 0 Å². The van der Waals surface area contributed by atoms with Gasteiger partial charge in [0.25, 0.3) is 0 Å². The van der Waals surface area contributed by atoms with Gasteiger partial charge < -0.3 is 16.2 Å². The molecule has 88 valence electrons. The highest BCUT2D eigenvalue weighted by Crippen LogP contribution is 2.31. The van der Waals surface area contributed by atoms with E-state index in [1.165, 1.54) is 6.42 Å². The molecule has 0 aromatic carbocycles. The molecule has 1 fully saturated rings. The molecule has 1 amide bonds. The second-order valence-electron chi connectivity index (χ2n) is 4.78. The summed E-state index contributed by atoms with van der Waals surface area (Å²) in [6, 6.07) is 0. The molecule has 1 rings (SSSR count). The van der Waals surface area contributed by atoms with Crippen LogP contribution in [0.3, 0.4) is 0 Å². The van der Waals surface area contributed by atoms with Crippen molar-refractivity contribution in [3.63, 3.8) is 0 Å². The minimum atomic E-state index is -0.292.